The van der Waals surface area contributed by atoms with Crippen molar-refractivity contribution >= 4 is 11.8 Å². The molecule has 0 saturated heterocycles. The lowest BCUT2D eigenvalue weighted by molar-refractivity contribution is 0.186. The number of hydrogen-bond acceptors (Lipinski definition) is 3. The zero-order valence-electron chi connectivity index (χ0n) is 11.9. The second-order valence-electron chi connectivity index (χ2n) is 5.18. The number of hydrogen-bond donors (Lipinski definition) is 1. The first-order valence-electron chi connectivity index (χ1n) is 6.84. The second kappa shape index (κ2) is 5.20. The van der Waals surface area contributed by atoms with Gasteiger partial charge in [0.15, 0.2) is 5.82 Å². The molecule has 1 aliphatic heterocycles. The SMILES string of the molecule is Cc1cc(NC(=O)N2CCc3cccc(F)c3C2C)no1. The zero-order chi connectivity index (χ0) is 15.0. The maximum Gasteiger partial charge on any atom is 0.323 e. The molecule has 3 rings (SSSR count). The van der Waals surface area contributed by atoms with E-state index in [1.165, 1.54) is 6.07 Å². The Morgan fingerprint density at radius 1 is 1.52 bits per heavy atom. The predicted molar refractivity (Wildman–Crippen MR) is 75.5 cm³/mol. The molecule has 110 valence electrons. The fourth-order valence-electron chi connectivity index (χ4n) is 2.74. The van der Waals surface area contributed by atoms with Crippen LogP contribution >= 0.6 is 0 Å². The van der Waals surface area contributed by atoms with Gasteiger partial charge < -0.3 is 9.42 Å². The van der Waals surface area contributed by atoms with Gasteiger partial charge in [-0.25, -0.2) is 9.18 Å². The number of amides is 2. The number of carbonyl (C=O) groups excluding carboxylic acids is 1. The second-order valence-corrected chi connectivity index (χ2v) is 5.18. The van der Waals surface area contributed by atoms with Crippen molar-refractivity contribution in [3.05, 3.63) is 47.0 Å². The molecule has 0 radical (unpaired) electrons. The van der Waals surface area contributed by atoms with Gasteiger partial charge in [0.2, 0.25) is 0 Å². The Balaban J connectivity index is 1.81. The van der Waals surface area contributed by atoms with Gasteiger partial charge in [0.1, 0.15) is 11.6 Å². The van der Waals surface area contributed by atoms with Gasteiger partial charge in [0.25, 0.3) is 0 Å². The van der Waals surface area contributed by atoms with Crippen LogP contribution in [0, 0.1) is 12.7 Å². The van der Waals surface area contributed by atoms with Gasteiger partial charge in [-0.3, -0.25) is 5.32 Å². The minimum atomic E-state index is -0.317. The fraction of sp³-hybridized carbons (Fsp3) is 0.333. The van der Waals surface area contributed by atoms with Crippen molar-refractivity contribution in [1.82, 2.24) is 10.1 Å². The molecule has 1 aromatic carbocycles. The number of aromatic nitrogens is 1. The minimum absolute atomic E-state index is 0.269. The average molecular weight is 289 g/mol. The number of carbonyl (C=O) groups is 1. The molecule has 1 N–H and O–H groups in total. The van der Waals surface area contributed by atoms with Crippen molar-refractivity contribution in [1.29, 1.82) is 0 Å². The number of urea groups is 1. The third-order valence-electron chi connectivity index (χ3n) is 3.77. The standard InChI is InChI=1S/C15H16FN3O2/c1-9-8-13(18-21-9)17-15(20)19-7-6-11-4-3-5-12(16)14(11)10(19)2/h3-5,8,10H,6-7H2,1-2H3,(H,17,18,20). The Kier molecular flexibility index (Phi) is 3.37. The molecule has 1 unspecified atom stereocenters. The normalized spacial score (nSPS) is 17.5. The Morgan fingerprint density at radius 2 is 2.33 bits per heavy atom. The highest BCUT2D eigenvalue weighted by Crippen LogP contribution is 2.31. The summed E-state index contributed by atoms with van der Waals surface area (Å²) in [4.78, 5) is 13.9. The van der Waals surface area contributed by atoms with Gasteiger partial charge in [-0.2, -0.15) is 0 Å². The van der Waals surface area contributed by atoms with Crippen LogP contribution in [0.4, 0.5) is 15.0 Å². The molecule has 2 heterocycles. The van der Waals surface area contributed by atoms with Crippen LogP contribution in [-0.4, -0.2) is 22.6 Å². The van der Waals surface area contributed by atoms with Crippen molar-refractivity contribution in [3.63, 3.8) is 0 Å². The maximum atomic E-state index is 14.0. The van der Waals surface area contributed by atoms with E-state index in [0.29, 0.717) is 30.1 Å². The summed E-state index contributed by atoms with van der Waals surface area (Å²) < 4.78 is 18.9. The van der Waals surface area contributed by atoms with E-state index < -0.39 is 0 Å². The number of anilines is 1. The topological polar surface area (TPSA) is 58.4 Å². The highest BCUT2D eigenvalue weighted by atomic mass is 19.1. The smallest absolute Gasteiger partial charge is 0.323 e. The molecule has 0 spiro atoms. The van der Waals surface area contributed by atoms with Gasteiger partial charge in [0.05, 0.1) is 6.04 Å². The number of fused-ring (bicyclic) bond motifs is 1. The largest absolute Gasteiger partial charge is 0.360 e. The summed E-state index contributed by atoms with van der Waals surface area (Å²) >= 11 is 0. The Labute approximate surface area is 121 Å². The number of halogens is 1. The lowest BCUT2D eigenvalue weighted by Crippen LogP contribution is -2.41. The lowest BCUT2D eigenvalue weighted by Gasteiger charge is -2.35. The summed E-state index contributed by atoms with van der Waals surface area (Å²) in [7, 11) is 0. The summed E-state index contributed by atoms with van der Waals surface area (Å²) in [5.41, 5.74) is 1.55. The van der Waals surface area contributed by atoms with E-state index in [-0.39, 0.29) is 17.9 Å². The monoisotopic (exact) mass is 289 g/mol. The molecule has 2 aromatic rings. The highest BCUT2D eigenvalue weighted by molar-refractivity contribution is 5.88. The Morgan fingerprint density at radius 3 is 3.05 bits per heavy atom. The number of nitrogens with zero attached hydrogens (tertiary/aromatic N) is 2. The van der Waals surface area contributed by atoms with Crippen molar-refractivity contribution in [3.8, 4) is 0 Å². The van der Waals surface area contributed by atoms with E-state index in [2.05, 4.69) is 10.5 Å². The molecule has 2 amide bonds. The van der Waals surface area contributed by atoms with Gasteiger partial charge in [-0.1, -0.05) is 17.3 Å². The van der Waals surface area contributed by atoms with Crippen molar-refractivity contribution in [2.45, 2.75) is 26.3 Å². The first kappa shape index (κ1) is 13.6. The molecule has 1 atom stereocenters. The first-order chi connectivity index (χ1) is 10.1. The van der Waals surface area contributed by atoms with E-state index in [9.17, 15) is 9.18 Å². The van der Waals surface area contributed by atoms with Gasteiger partial charge >= 0.3 is 6.03 Å². The zero-order valence-corrected chi connectivity index (χ0v) is 11.9. The summed E-state index contributed by atoms with van der Waals surface area (Å²) in [5.74, 6) is 0.715. The summed E-state index contributed by atoms with van der Waals surface area (Å²) in [6, 6.07) is 6.06. The van der Waals surface area contributed by atoms with Gasteiger partial charge in [-0.15, -0.1) is 0 Å². The molecule has 0 saturated carbocycles. The van der Waals surface area contributed by atoms with Crippen LogP contribution in [0.1, 0.15) is 29.9 Å². The van der Waals surface area contributed by atoms with Crippen molar-refractivity contribution < 1.29 is 13.7 Å². The maximum absolute atomic E-state index is 14.0. The number of rotatable bonds is 1. The first-order valence-corrected chi connectivity index (χ1v) is 6.84. The van der Waals surface area contributed by atoms with Gasteiger partial charge in [0, 0.05) is 18.2 Å². The quantitative estimate of drug-likeness (QED) is 0.876. The molecule has 1 aliphatic rings. The van der Waals surface area contributed by atoms with Crippen LogP contribution in [0.15, 0.2) is 28.8 Å². The summed E-state index contributed by atoms with van der Waals surface area (Å²) in [6.45, 7) is 4.12. The van der Waals surface area contributed by atoms with Crippen LogP contribution in [-0.2, 0) is 6.42 Å². The molecule has 6 heteroatoms. The summed E-state index contributed by atoms with van der Waals surface area (Å²) in [5, 5.41) is 6.40. The fourth-order valence-corrected chi connectivity index (χ4v) is 2.74. The van der Waals surface area contributed by atoms with E-state index >= 15 is 0 Å². The molecular weight excluding hydrogens is 273 g/mol. The third-order valence-corrected chi connectivity index (χ3v) is 3.77. The molecule has 0 aliphatic carbocycles. The van der Waals surface area contributed by atoms with Crippen LogP contribution < -0.4 is 5.32 Å². The number of nitrogens with one attached hydrogen (secondary N) is 1. The van der Waals surface area contributed by atoms with E-state index in [4.69, 9.17) is 4.52 Å². The predicted octanol–water partition coefficient (Wildman–Crippen LogP) is 3.27. The van der Waals surface area contributed by atoms with E-state index in [1.807, 2.05) is 13.0 Å². The van der Waals surface area contributed by atoms with Gasteiger partial charge in [-0.05, 0) is 31.9 Å². The molecular formula is C15H16FN3O2. The lowest BCUT2D eigenvalue weighted by atomic mass is 9.93. The summed E-state index contributed by atoms with van der Waals surface area (Å²) in [6.07, 6.45) is 0.642. The average Bonchev–Trinajstić information content (AvgIpc) is 2.84. The number of aryl methyl sites for hydroxylation is 1. The molecule has 21 heavy (non-hydrogen) atoms. The number of benzene rings is 1. The molecule has 5 nitrogen and oxygen atoms in total. The van der Waals surface area contributed by atoms with E-state index in [0.717, 1.165) is 5.56 Å². The van der Waals surface area contributed by atoms with Crippen LogP contribution in [0.25, 0.3) is 0 Å². The Bertz CT molecular complexity index is 683. The minimum Gasteiger partial charge on any atom is -0.360 e. The van der Waals surface area contributed by atoms with Crippen LogP contribution in [0.2, 0.25) is 0 Å². The Hall–Kier alpha value is -2.37. The highest BCUT2D eigenvalue weighted by Gasteiger charge is 2.30. The van der Waals surface area contributed by atoms with Crippen molar-refractivity contribution in [2.75, 3.05) is 11.9 Å². The van der Waals surface area contributed by atoms with Crippen LogP contribution in [0.5, 0.6) is 0 Å². The molecule has 0 fully saturated rings. The van der Waals surface area contributed by atoms with E-state index in [1.54, 1.807) is 24.0 Å². The molecule has 0 bridgehead atoms. The van der Waals surface area contributed by atoms with Crippen molar-refractivity contribution in [2.24, 2.45) is 0 Å². The van der Waals surface area contributed by atoms with Crippen LogP contribution in [0.3, 0.4) is 0 Å². The third kappa shape index (κ3) is 2.49. The molecule has 1 aromatic heterocycles.